The Labute approximate surface area is 243 Å². The van der Waals surface area contributed by atoms with Gasteiger partial charge in [0, 0.05) is 30.7 Å². The zero-order chi connectivity index (χ0) is 29.4. The van der Waals surface area contributed by atoms with Crippen LogP contribution in [0.1, 0.15) is 51.4 Å². The number of aryl methyl sites for hydroxylation is 1. The minimum Gasteiger partial charge on any atom is -0.326 e. The Morgan fingerprint density at radius 2 is 1.74 bits per heavy atom. The van der Waals surface area contributed by atoms with Crippen molar-refractivity contribution in [3.8, 4) is 11.3 Å². The molecule has 1 aromatic carbocycles. The Morgan fingerprint density at radius 1 is 0.976 bits per heavy atom. The number of nitrogens with one attached hydrogen (secondary N) is 2. The van der Waals surface area contributed by atoms with Crippen molar-refractivity contribution in [2.45, 2.75) is 58.5 Å². The third kappa shape index (κ3) is 5.63. The summed E-state index contributed by atoms with van der Waals surface area (Å²) in [5.41, 5.74) is 1.61. The van der Waals surface area contributed by atoms with Crippen LogP contribution in [0, 0.1) is 18.6 Å². The number of urea groups is 1. The first-order valence-corrected chi connectivity index (χ1v) is 14.5. The first-order valence-electron chi connectivity index (χ1n) is 14.5. The smallest absolute Gasteiger partial charge is 0.321 e. The van der Waals surface area contributed by atoms with Gasteiger partial charge in [-0.3, -0.25) is 0 Å². The van der Waals surface area contributed by atoms with E-state index >= 15 is 0 Å². The van der Waals surface area contributed by atoms with E-state index in [1.165, 1.54) is 32.0 Å². The monoisotopic (exact) mass is 575 g/mol. The first-order chi connectivity index (χ1) is 20.3. The highest BCUT2D eigenvalue weighted by atomic mass is 19.1. The number of pyridine rings is 1. The zero-order valence-electron chi connectivity index (χ0n) is 24.1. The van der Waals surface area contributed by atoms with E-state index in [2.05, 4.69) is 35.5 Å². The summed E-state index contributed by atoms with van der Waals surface area (Å²) in [5, 5.41) is 5.88. The van der Waals surface area contributed by atoms with Crippen molar-refractivity contribution in [3.63, 3.8) is 0 Å². The van der Waals surface area contributed by atoms with Gasteiger partial charge in [-0.2, -0.15) is 0 Å². The van der Waals surface area contributed by atoms with Gasteiger partial charge in [0.1, 0.15) is 22.9 Å². The number of fused-ring (bicyclic) bond motifs is 1. The molecule has 5 heterocycles. The molecule has 0 bridgehead atoms. The number of likely N-dealkylation sites (tertiary alicyclic amines) is 2. The summed E-state index contributed by atoms with van der Waals surface area (Å²) in [4.78, 5) is 34.3. The lowest BCUT2D eigenvalue weighted by molar-refractivity contribution is 0.140. The number of nitrogens with zero attached hydrogens (tertiary/aromatic N) is 7. The van der Waals surface area contributed by atoms with Gasteiger partial charge in [0.05, 0.1) is 23.6 Å². The molecular formula is C30H35F2N9O. The van der Waals surface area contributed by atoms with Gasteiger partial charge in [-0.05, 0) is 83.8 Å². The topological polar surface area (TPSA) is 104 Å². The average Bonchev–Trinajstić information content (AvgIpc) is 3.63. The number of hydrogen-bond acceptors (Lipinski definition) is 7. The van der Waals surface area contributed by atoms with Gasteiger partial charge >= 0.3 is 6.03 Å². The number of carbonyl (C=O) groups excluding carboxylic acids is 1. The molecule has 4 aromatic rings. The Kier molecular flexibility index (Phi) is 7.72. The maximum Gasteiger partial charge on any atom is 0.321 e. The number of rotatable bonds is 6. The minimum atomic E-state index is -0.679. The van der Waals surface area contributed by atoms with E-state index in [9.17, 15) is 13.6 Å². The summed E-state index contributed by atoms with van der Waals surface area (Å²) in [6.07, 6.45) is 7.12. The van der Waals surface area contributed by atoms with Crippen molar-refractivity contribution in [1.29, 1.82) is 0 Å². The van der Waals surface area contributed by atoms with Crippen molar-refractivity contribution < 1.29 is 13.6 Å². The summed E-state index contributed by atoms with van der Waals surface area (Å²) in [7, 11) is 0. The van der Waals surface area contributed by atoms with Crippen LogP contribution in [0.25, 0.3) is 22.3 Å². The highest BCUT2D eigenvalue weighted by molar-refractivity contribution is 5.89. The van der Waals surface area contributed by atoms with Crippen LogP contribution in [0.2, 0.25) is 0 Å². The second kappa shape index (κ2) is 11.6. The van der Waals surface area contributed by atoms with Crippen LogP contribution in [0.15, 0.2) is 36.7 Å². The molecule has 0 atom stereocenters. The Bertz CT molecular complexity index is 1590. The van der Waals surface area contributed by atoms with E-state index in [-0.39, 0.29) is 34.8 Å². The van der Waals surface area contributed by atoms with Crippen LogP contribution >= 0.6 is 0 Å². The molecule has 2 N–H and O–H groups in total. The lowest BCUT2D eigenvalue weighted by atomic mass is 10.0. The number of carbonyl (C=O) groups is 1. The predicted molar refractivity (Wildman–Crippen MR) is 158 cm³/mol. The van der Waals surface area contributed by atoms with Crippen LogP contribution in [-0.2, 0) is 0 Å². The van der Waals surface area contributed by atoms with E-state index in [0.29, 0.717) is 28.9 Å². The lowest BCUT2D eigenvalue weighted by Crippen LogP contribution is -2.47. The van der Waals surface area contributed by atoms with Crippen LogP contribution in [0.5, 0.6) is 0 Å². The molecule has 0 unspecified atom stereocenters. The largest absolute Gasteiger partial charge is 0.326 e. The van der Waals surface area contributed by atoms with Gasteiger partial charge in [0.15, 0.2) is 11.6 Å². The Morgan fingerprint density at radius 3 is 2.43 bits per heavy atom. The molecule has 0 spiro atoms. The molecule has 220 valence electrons. The van der Waals surface area contributed by atoms with E-state index in [1.807, 2.05) is 30.2 Å². The average molecular weight is 576 g/mol. The molecule has 2 saturated heterocycles. The van der Waals surface area contributed by atoms with Crippen molar-refractivity contribution in [1.82, 2.24) is 34.3 Å². The normalized spacial score (nSPS) is 16.5. The van der Waals surface area contributed by atoms with Gasteiger partial charge in [0.2, 0.25) is 5.95 Å². The standard InChI is InChI=1S/C30H35F2N9O/c1-18(2)41-19(3)35-28-23(31)14-20(15-25(28)41)27-24(32)17-34-29(38-27)37-26-7-6-21(16-33-26)36-30(42)40-12-8-22(9-13-40)39-10-4-5-11-39/h6-7,14-18,22H,4-5,8-13H2,1-3H3,(H,36,42)(H,33,34,37,38). The van der Waals surface area contributed by atoms with Crippen molar-refractivity contribution in [2.75, 3.05) is 36.8 Å². The van der Waals surface area contributed by atoms with E-state index in [0.717, 1.165) is 32.1 Å². The molecule has 2 amide bonds. The van der Waals surface area contributed by atoms with Crippen LogP contribution in [0.3, 0.4) is 0 Å². The van der Waals surface area contributed by atoms with Gasteiger partial charge in [-0.1, -0.05) is 0 Å². The molecule has 6 rings (SSSR count). The SMILES string of the molecule is Cc1nc2c(F)cc(-c3nc(Nc4ccc(NC(=O)N5CCC(N6CCCC6)CC5)cn4)ncc3F)cc2n1C(C)C. The molecular weight excluding hydrogens is 540 g/mol. The number of amides is 2. The van der Waals surface area contributed by atoms with Crippen molar-refractivity contribution in [3.05, 3.63) is 54.1 Å². The van der Waals surface area contributed by atoms with E-state index in [4.69, 9.17) is 0 Å². The first kappa shape index (κ1) is 28.0. The summed E-state index contributed by atoms with van der Waals surface area (Å²) < 4.78 is 31.8. The quantitative estimate of drug-likeness (QED) is 0.295. The van der Waals surface area contributed by atoms with Crippen molar-refractivity contribution in [2.24, 2.45) is 0 Å². The molecule has 42 heavy (non-hydrogen) atoms. The van der Waals surface area contributed by atoms with Gasteiger partial charge in [-0.25, -0.2) is 33.5 Å². The fraction of sp³-hybridized carbons (Fsp3) is 0.433. The summed E-state index contributed by atoms with van der Waals surface area (Å²) in [6, 6.07) is 6.82. The van der Waals surface area contributed by atoms with Crippen LogP contribution in [0.4, 0.5) is 31.0 Å². The number of aromatic nitrogens is 5. The Balaban J connectivity index is 1.12. The third-order valence-corrected chi connectivity index (χ3v) is 8.12. The summed E-state index contributed by atoms with van der Waals surface area (Å²) in [6.45, 7) is 9.59. The molecule has 2 aliphatic rings. The maximum absolute atomic E-state index is 15.0. The van der Waals surface area contributed by atoms with E-state index < -0.39 is 11.6 Å². The van der Waals surface area contributed by atoms with Gasteiger partial charge < -0.3 is 25.0 Å². The maximum atomic E-state index is 15.0. The third-order valence-electron chi connectivity index (χ3n) is 8.12. The fourth-order valence-electron chi connectivity index (χ4n) is 6.09. The molecule has 3 aromatic heterocycles. The second-order valence-corrected chi connectivity index (χ2v) is 11.3. The second-order valence-electron chi connectivity index (χ2n) is 11.3. The molecule has 10 nitrogen and oxygen atoms in total. The highest BCUT2D eigenvalue weighted by Crippen LogP contribution is 2.30. The summed E-state index contributed by atoms with van der Waals surface area (Å²) >= 11 is 0. The van der Waals surface area contributed by atoms with Crippen LogP contribution < -0.4 is 10.6 Å². The van der Waals surface area contributed by atoms with Crippen LogP contribution in [-0.4, -0.2) is 72.6 Å². The molecule has 12 heteroatoms. The lowest BCUT2D eigenvalue weighted by Gasteiger charge is -2.36. The summed E-state index contributed by atoms with van der Waals surface area (Å²) in [5.74, 6) is -0.0398. The number of imidazole rings is 1. The molecule has 0 radical (unpaired) electrons. The highest BCUT2D eigenvalue weighted by Gasteiger charge is 2.28. The number of benzene rings is 1. The molecule has 2 fully saturated rings. The number of hydrogen-bond donors (Lipinski definition) is 2. The fourth-order valence-corrected chi connectivity index (χ4v) is 6.09. The number of anilines is 3. The predicted octanol–water partition coefficient (Wildman–Crippen LogP) is 5.89. The number of halogens is 2. The number of piperidine rings is 1. The molecule has 2 aliphatic heterocycles. The van der Waals surface area contributed by atoms with Gasteiger partial charge in [-0.15, -0.1) is 0 Å². The van der Waals surface area contributed by atoms with E-state index in [1.54, 1.807) is 24.4 Å². The minimum absolute atomic E-state index is 0.0418. The molecule has 0 saturated carbocycles. The van der Waals surface area contributed by atoms with Gasteiger partial charge in [0.25, 0.3) is 0 Å². The Hall–Kier alpha value is -4.19. The zero-order valence-corrected chi connectivity index (χ0v) is 24.1. The molecule has 0 aliphatic carbocycles. The van der Waals surface area contributed by atoms with Crippen molar-refractivity contribution >= 4 is 34.5 Å².